The van der Waals surface area contributed by atoms with Crippen LogP contribution in [0.2, 0.25) is 0 Å². The highest BCUT2D eigenvalue weighted by Gasteiger charge is 2.20. The highest BCUT2D eigenvalue weighted by Crippen LogP contribution is 2.29. The summed E-state index contributed by atoms with van der Waals surface area (Å²) in [5.74, 6) is 1.39. The quantitative estimate of drug-likeness (QED) is 0.163. The van der Waals surface area contributed by atoms with Gasteiger partial charge in [0.1, 0.15) is 23.4 Å². The summed E-state index contributed by atoms with van der Waals surface area (Å²) in [7, 11) is 0. The molecule has 0 atom stereocenters. The van der Waals surface area contributed by atoms with Crippen molar-refractivity contribution < 1.29 is 18.8 Å². The minimum Gasteiger partial charge on any atom is -0.382 e. The van der Waals surface area contributed by atoms with E-state index in [0.29, 0.717) is 37.9 Å². The lowest BCUT2D eigenvalue weighted by Gasteiger charge is -2.12. The van der Waals surface area contributed by atoms with Gasteiger partial charge in [0, 0.05) is 35.9 Å². The number of amides is 2. The van der Waals surface area contributed by atoms with Gasteiger partial charge in [-0.15, -0.1) is 0 Å². The number of anilines is 1. The van der Waals surface area contributed by atoms with Crippen LogP contribution in [0.15, 0.2) is 53.5 Å². The number of aromatic nitrogens is 4. The normalized spacial score (nSPS) is 13.7. The molecule has 0 radical (unpaired) electrons. The molecule has 0 spiro atoms. The molecule has 0 aliphatic heterocycles. The SMILES string of the molecule is CC(C)(C)c1cc(Cc2ccc(-c3ncn4c(/C=C/CCOCCC(=O)NC5CCCC5)cnc(N)c34)cc2)no1.NC=O. The van der Waals surface area contributed by atoms with Gasteiger partial charge in [-0.3, -0.25) is 14.0 Å². The molecule has 5 N–H and O–H groups in total. The second-order valence-electron chi connectivity index (χ2n) is 11.9. The summed E-state index contributed by atoms with van der Waals surface area (Å²) in [5.41, 5.74) is 15.8. The average molecular weight is 602 g/mol. The number of benzene rings is 1. The van der Waals surface area contributed by atoms with Gasteiger partial charge in [0.05, 0.1) is 36.5 Å². The van der Waals surface area contributed by atoms with E-state index in [-0.39, 0.29) is 17.7 Å². The molecule has 234 valence electrons. The van der Waals surface area contributed by atoms with E-state index < -0.39 is 0 Å². The predicted octanol–water partition coefficient (Wildman–Crippen LogP) is 4.83. The number of carbonyl (C=O) groups excluding carboxylic acids is 2. The van der Waals surface area contributed by atoms with Crippen LogP contribution in [0.4, 0.5) is 5.82 Å². The van der Waals surface area contributed by atoms with Crippen molar-refractivity contribution in [1.82, 2.24) is 24.8 Å². The predicted molar refractivity (Wildman–Crippen MR) is 171 cm³/mol. The van der Waals surface area contributed by atoms with E-state index in [1.807, 2.05) is 22.6 Å². The summed E-state index contributed by atoms with van der Waals surface area (Å²) in [5, 5.41) is 7.33. The van der Waals surface area contributed by atoms with Crippen LogP contribution in [0.25, 0.3) is 22.9 Å². The molecule has 4 aromatic rings. The highest BCUT2D eigenvalue weighted by molar-refractivity contribution is 5.85. The molecule has 5 rings (SSSR count). The van der Waals surface area contributed by atoms with E-state index in [4.69, 9.17) is 19.8 Å². The molecule has 11 nitrogen and oxygen atoms in total. The number of hydrogen-bond donors (Lipinski definition) is 3. The Kier molecular flexibility index (Phi) is 11.3. The molecule has 3 heterocycles. The molecule has 3 aromatic heterocycles. The molecule has 0 unspecified atom stereocenters. The van der Waals surface area contributed by atoms with Gasteiger partial charge in [-0.25, -0.2) is 9.97 Å². The largest absolute Gasteiger partial charge is 0.382 e. The molecule has 0 saturated heterocycles. The maximum Gasteiger partial charge on any atom is 0.222 e. The lowest BCUT2D eigenvalue weighted by molar-refractivity contribution is -0.122. The lowest BCUT2D eigenvalue weighted by atomic mass is 9.93. The smallest absolute Gasteiger partial charge is 0.222 e. The number of nitrogens with zero attached hydrogens (tertiary/aromatic N) is 4. The van der Waals surface area contributed by atoms with Gasteiger partial charge in [0.2, 0.25) is 12.3 Å². The number of hydrogen-bond acceptors (Lipinski definition) is 8. The second-order valence-corrected chi connectivity index (χ2v) is 11.9. The van der Waals surface area contributed by atoms with E-state index in [1.54, 1.807) is 12.5 Å². The third-order valence-electron chi connectivity index (χ3n) is 7.45. The first-order chi connectivity index (χ1) is 21.2. The van der Waals surface area contributed by atoms with Gasteiger partial charge >= 0.3 is 0 Å². The van der Waals surface area contributed by atoms with Gasteiger partial charge < -0.3 is 26.0 Å². The van der Waals surface area contributed by atoms with E-state index in [9.17, 15) is 4.79 Å². The van der Waals surface area contributed by atoms with Crippen LogP contribution in [0.5, 0.6) is 0 Å². The van der Waals surface area contributed by atoms with Crippen molar-refractivity contribution in [2.75, 3.05) is 18.9 Å². The summed E-state index contributed by atoms with van der Waals surface area (Å²) in [6.45, 7) is 7.31. The van der Waals surface area contributed by atoms with Crippen molar-refractivity contribution in [2.45, 2.75) is 77.2 Å². The van der Waals surface area contributed by atoms with Crippen LogP contribution in [0.1, 0.15) is 82.0 Å². The third-order valence-corrected chi connectivity index (χ3v) is 7.45. The van der Waals surface area contributed by atoms with Gasteiger partial charge in [0.25, 0.3) is 0 Å². The number of imidazole rings is 1. The molecule has 44 heavy (non-hydrogen) atoms. The molecule has 2 amide bonds. The number of ether oxygens (including phenoxy) is 1. The summed E-state index contributed by atoms with van der Waals surface area (Å²) in [4.78, 5) is 29.7. The first-order valence-electron chi connectivity index (χ1n) is 15.1. The minimum atomic E-state index is -0.0690. The summed E-state index contributed by atoms with van der Waals surface area (Å²) in [6, 6.07) is 10.6. The Morgan fingerprint density at radius 3 is 2.57 bits per heavy atom. The van der Waals surface area contributed by atoms with Crippen molar-refractivity contribution >= 4 is 29.7 Å². The van der Waals surface area contributed by atoms with Gasteiger partial charge in [-0.1, -0.05) is 69.1 Å². The summed E-state index contributed by atoms with van der Waals surface area (Å²) in [6.07, 6.45) is 14.2. The number of fused-ring (bicyclic) bond motifs is 1. The van der Waals surface area contributed by atoms with Crippen molar-refractivity contribution in [1.29, 1.82) is 0 Å². The number of nitrogens with two attached hydrogens (primary N) is 2. The fourth-order valence-electron chi connectivity index (χ4n) is 5.11. The number of carbonyl (C=O) groups is 2. The van der Waals surface area contributed by atoms with E-state index in [2.05, 4.69) is 71.2 Å². The van der Waals surface area contributed by atoms with Gasteiger partial charge in [-0.05, 0) is 30.9 Å². The zero-order chi connectivity index (χ0) is 31.5. The number of rotatable bonds is 11. The summed E-state index contributed by atoms with van der Waals surface area (Å²) >= 11 is 0. The fourth-order valence-corrected chi connectivity index (χ4v) is 5.11. The molecular formula is C33H43N7O4. The first kappa shape index (κ1) is 32.4. The van der Waals surface area contributed by atoms with Crippen molar-refractivity contribution in [2.24, 2.45) is 5.73 Å². The maximum absolute atomic E-state index is 12.0. The Labute approximate surface area is 258 Å². The van der Waals surface area contributed by atoms with E-state index in [1.165, 1.54) is 12.8 Å². The highest BCUT2D eigenvalue weighted by atomic mass is 16.5. The number of nitrogens with one attached hydrogen (secondary N) is 1. The average Bonchev–Trinajstić information content (AvgIpc) is 3.76. The molecule has 11 heteroatoms. The lowest BCUT2D eigenvalue weighted by Crippen LogP contribution is -2.33. The Balaban J connectivity index is 0.00000141. The topological polar surface area (TPSA) is 164 Å². The van der Waals surface area contributed by atoms with Crippen molar-refractivity contribution in [3.8, 4) is 11.3 Å². The van der Waals surface area contributed by atoms with Crippen LogP contribution in [-0.4, -0.2) is 51.1 Å². The summed E-state index contributed by atoms with van der Waals surface area (Å²) < 4.78 is 13.1. The molecule has 0 bridgehead atoms. The Bertz CT molecular complexity index is 1540. The van der Waals surface area contributed by atoms with E-state index >= 15 is 0 Å². The molecule has 1 saturated carbocycles. The van der Waals surface area contributed by atoms with Gasteiger partial charge in [0.15, 0.2) is 0 Å². The van der Waals surface area contributed by atoms with Crippen LogP contribution in [-0.2, 0) is 26.2 Å². The molecular weight excluding hydrogens is 558 g/mol. The van der Waals surface area contributed by atoms with Gasteiger partial charge in [-0.2, -0.15) is 0 Å². The van der Waals surface area contributed by atoms with Crippen molar-refractivity contribution in [3.63, 3.8) is 0 Å². The van der Waals surface area contributed by atoms with Crippen molar-refractivity contribution in [3.05, 3.63) is 71.6 Å². The van der Waals surface area contributed by atoms with Crippen LogP contribution in [0.3, 0.4) is 0 Å². The second kappa shape index (κ2) is 15.3. The minimum absolute atomic E-state index is 0.0690. The third kappa shape index (κ3) is 8.76. The Morgan fingerprint density at radius 1 is 1.16 bits per heavy atom. The van der Waals surface area contributed by atoms with Crippen LogP contribution >= 0.6 is 0 Å². The first-order valence-corrected chi connectivity index (χ1v) is 15.1. The van der Waals surface area contributed by atoms with Crippen LogP contribution < -0.4 is 16.8 Å². The zero-order valence-corrected chi connectivity index (χ0v) is 25.8. The molecule has 1 fully saturated rings. The zero-order valence-electron chi connectivity index (χ0n) is 25.8. The Hall–Kier alpha value is -4.51. The molecule has 1 aliphatic rings. The molecule has 1 aromatic carbocycles. The Morgan fingerprint density at radius 2 is 1.89 bits per heavy atom. The van der Waals surface area contributed by atoms with E-state index in [0.717, 1.165) is 58.7 Å². The number of primary amides is 1. The maximum atomic E-state index is 12.0. The standard InChI is InChI=1S/C32H40N6O3.CH3NO/c1-32(2,3)27-19-25(37-41-27)18-22-11-13-23(14-12-22)29-30-31(33)34-20-26(38(30)21-35-29)10-6-7-16-40-17-15-28(39)36-24-8-4-5-9-24;2-1-3/h6,10-14,19-21,24H,4-5,7-9,15-18H2,1-3H3,(H2,33,34)(H,36,39);1H,(H2,2,3)/b10-6+;. The van der Waals surface area contributed by atoms with Crippen LogP contribution in [0, 0.1) is 0 Å². The molecule has 1 aliphatic carbocycles. The monoisotopic (exact) mass is 601 g/mol. The number of nitrogen functional groups attached to an aromatic ring is 1. The fraction of sp³-hybridized carbons (Fsp3) is 0.424.